The number of nitrogens with one attached hydrogen (secondary N) is 4. The van der Waals surface area contributed by atoms with Gasteiger partial charge in [0.25, 0.3) is 0 Å². The van der Waals surface area contributed by atoms with E-state index in [9.17, 15) is 9.59 Å². The summed E-state index contributed by atoms with van der Waals surface area (Å²) >= 11 is 0. The second kappa shape index (κ2) is 17.1. The molecule has 12 nitrogen and oxygen atoms in total. The summed E-state index contributed by atoms with van der Waals surface area (Å²) in [5.74, 6) is 0.333. The number of methoxy groups -OCH3 is 1. The van der Waals surface area contributed by atoms with E-state index < -0.39 is 24.0 Å². The van der Waals surface area contributed by atoms with Gasteiger partial charge >= 0.3 is 6.09 Å². The number of aromatic nitrogens is 4. The molecule has 54 heavy (non-hydrogen) atoms. The molecule has 3 saturated heterocycles. The van der Waals surface area contributed by atoms with Crippen LogP contribution in [0.25, 0.3) is 44.4 Å². The predicted molar refractivity (Wildman–Crippen MR) is 214 cm³/mol. The number of carbonyl (C=O) groups excluding carboxylic acids is 2. The number of benzene rings is 3. The van der Waals surface area contributed by atoms with Crippen LogP contribution in [0.2, 0.25) is 0 Å². The molecule has 288 valence electrons. The van der Waals surface area contributed by atoms with Crippen molar-refractivity contribution in [2.75, 3.05) is 33.4 Å². The van der Waals surface area contributed by atoms with Crippen molar-refractivity contribution in [3.8, 4) is 33.6 Å². The second-order valence-corrected chi connectivity index (χ2v) is 14.0. The molecule has 3 fully saturated rings. The van der Waals surface area contributed by atoms with Crippen LogP contribution in [0, 0.1) is 5.92 Å². The molecule has 3 aliphatic heterocycles. The highest BCUT2D eigenvalue weighted by Gasteiger charge is 2.52. The van der Waals surface area contributed by atoms with Crippen molar-refractivity contribution < 1.29 is 23.8 Å². The van der Waals surface area contributed by atoms with Gasteiger partial charge in [-0.15, -0.1) is 37.2 Å². The van der Waals surface area contributed by atoms with Crippen LogP contribution in [0.1, 0.15) is 56.8 Å². The number of aromatic amines is 2. The molecule has 0 bridgehead atoms. The number of ether oxygens (including phenoxy) is 3. The molecule has 4 N–H and O–H groups in total. The Morgan fingerprint density at radius 2 is 1.44 bits per heavy atom. The second-order valence-electron chi connectivity index (χ2n) is 14.0. The van der Waals surface area contributed by atoms with Crippen LogP contribution in [0.5, 0.6) is 0 Å². The van der Waals surface area contributed by atoms with Gasteiger partial charge in [0.05, 0.1) is 62.7 Å². The summed E-state index contributed by atoms with van der Waals surface area (Å²) in [4.78, 5) is 44.1. The molecule has 8 rings (SSSR count). The first-order valence-electron chi connectivity index (χ1n) is 17.7. The van der Waals surface area contributed by atoms with Gasteiger partial charge in [-0.2, -0.15) is 0 Å². The van der Waals surface area contributed by atoms with E-state index in [-0.39, 0.29) is 55.6 Å². The maximum atomic E-state index is 13.9. The largest absolute Gasteiger partial charge is 0.453 e. The molecular weight excluding hydrogens is 753 g/mol. The lowest BCUT2D eigenvalue weighted by molar-refractivity contribution is -0.153. The number of likely N-dealkylation sites (tertiary alicyclic amines) is 1. The highest BCUT2D eigenvalue weighted by molar-refractivity contribution is 5.91. The quantitative estimate of drug-likeness (QED) is 0.127. The first-order valence-corrected chi connectivity index (χ1v) is 17.7. The van der Waals surface area contributed by atoms with E-state index in [1.807, 2.05) is 20.0 Å². The molecule has 3 aliphatic rings. The van der Waals surface area contributed by atoms with E-state index >= 15 is 0 Å². The summed E-state index contributed by atoms with van der Waals surface area (Å²) in [7, 11) is 1.28. The number of nitrogens with zero attached hydrogens (tertiary/aromatic N) is 3. The van der Waals surface area contributed by atoms with Crippen LogP contribution in [-0.4, -0.2) is 82.1 Å². The molecule has 0 saturated carbocycles. The summed E-state index contributed by atoms with van der Waals surface area (Å²) < 4.78 is 16.8. The summed E-state index contributed by atoms with van der Waals surface area (Å²) in [5, 5.41) is 8.55. The van der Waals surface area contributed by atoms with E-state index in [1.165, 1.54) is 24.3 Å². The monoisotopic (exact) mass is 797 g/mol. The fourth-order valence-corrected chi connectivity index (χ4v) is 7.57. The Kier molecular flexibility index (Phi) is 13.0. The van der Waals surface area contributed by atoms with Gasteiger partial charge in [0.15, 0.2) is 5.79 Å². The third-order valence-corrected chi connectivity index (χ3v) is 10.4. The van der Waals surface area contributed by atoms with Crippen molar-refractivity contribution in [3.63, 3.8) is 0 Å². The van der Waals surface area contributed by atoms with Crippen molar-refractivity contribution in [1.29, 1.82) is 0 Å². The number of amides is 2. The SMILES string of the molecule is COC(=O)N[C@H](C(=O)N1CC2(C[C@H]1c1ncc(-c3ccc(-c4ccc5cc(-c6cnc([C@@H]7CCCN7)[nH]6)ccc5c4)cc3)[nH]1)OCCO2)C(C)C.Cl.Cl.Cl. The minimum atomic E-state index is -0.904. The zero-order valence-corrected chi connectivity index (χ0v) is 32.7. The van der Waals surface area contributed by atoms with E-state index in [2.05, 4.69) is 86.2 Å². The van der Waals surface area contributed by atoms with E-state index in [1.54, 1.807) is 11.1 Å². The van der Waals surface area contributed by atoms with Gasteiger partial charge < -0.3 is 39.7 Å². The fraction of sp³-hybridized carbons (Fsp3) is 0.385. The number of fused-ring (bicyclic) bond motifs is 1. The smallest absolute Gasteiger partial charge is 0.407 e. The van der Waals surface area contributed by atoms with Crippen LogP contribution in [0.3, 0.4) is 0 Å². The average Bonchev–Trinajstić information content (AvgIpc) is 4.00. The zero-order valence-electron chi connectivity index (χ0n) is 30.3. The Hall–Kier alpha value is -4.17. The number of carbonyl (C=O) groups is 2. The first kappa shape index (κ1) is 41.0. The lowest BCUT2D eigenvalue weighted by atomic mass is 9.98. The minimum absolute atomic E-state index is 0. The average molecular weight is 799 g/mol. The van der Waals surface area contributed by atoms with Crippen LogP contribution in [0.4, 0.5) is 4.79 Å². The molecule has 1 spiro atoms. The van der Waals surface area contributed by atoms with Crippen LogP contribution in [0.15, 0.2) is 73.1 Å². The normalized spacial score (nSPS) is 19.3. The molecule has 2 aromatic heterocycles. The standard InChI is InChI=1S/C39H43N7O5.3ClH/c1-23(2)34(45-38(48)49-3)37(47)46-22-39(50-15-16-51-39)19-33(46)36-42-20-31(44-36)25-8-6-24(7-9-25)26-10-11-28-18-29(13-12-27(28)17-26)32-21-41-35(43-32)30-5-4-14-40-30;;;/h6-13,17-18,20-21,23,30,33-34,40H,4-5,14-16,19,22H2,1-3H3,(H,41,43)(H,42,44)(H,45,48);3*1H/t30-,33-,34-;;;/m0.../s1. The topological polar surface area (TPSA) is 146 Å². The maximum absolute atomic E-state index is 13.9. The number of hydrogen-bond donors (Lipinski definition) is 4. The summed E-state index contributed by atoms with van der Waals surface area (Å²) in [6, 6.07) is 20.6. The number of H-pyrrole nitrogens is 2. The lowest BCUT2D eigenvalue weighted by Crippen LogP contribution is -2.52. The molecule has 5 heterocycles. The van der Waals surface area contributed by atoms with Gasteiger partial charge in [-0.1, -0.05) is 62.4 Å². The Labute approximate surface area is 332 Å². The molecule has 0 unspecified atom stereocenters. The van der Waals surface area contributed by atoms with Gasteiger partial charge in [0, 0.05) is 12.0 Å². The van der Waals surface area contributed by atoms with Crippen molar-refractivity contribution in [1.82, 2.24) is 35.5 Å². The third-order valence-electron chi connectivity index (χ3n) is 10.4. The van der Waals surface area contributed by atoms with E-state index in [4.69, 9.17) is 19.2 Å². The van der Waals surface area contributed by atoms with Crippen LogP contribution < -0.4 is 10.6 Å². The molecule has 5 aromatic rings. The lowest BCUT2D eigenvalue weighted by Gasteiger charge is -2.30. The van der Waals surface area contributed by atoms with Gasteiger partial charge in [-0.05, 0) is 64.9 Å². The molecule has 3 atom stereocenters. The Morgan fingerprint density at radius 3 is 2.09 bits per heavy atom. The molecule has 3 aromatic carbocycles. The minimum Gasteiger partial charge on any atom is -0.453 e. The van der Waals surface area contributed by atoms with Gasteiger partial charge in [-0.25, -0.2) is 14.8 Å². The van der Waals surface area contributed by atoms with Crippen molar-refractivity contribution in [2.24, 2.45) is 5.92 Å². The highest BCUT2D eigenvalue weighted by atomic mass is 35.5. The highest BCUT2D eigenvalue weighted by Crippen LogP contribution is 2.43. The van der Waals surface area contributed by atoms with E-state index in [0.29, 0.717) is 31.5 Å². The number of rotatable bonds is 8. The number of hydrogen-bond acceptors (Lipinski definition) is 8. The fourth-order valence-electron chi connectivity index (χ4n) is 7.57. The zero-order chi connectivity index (χ0) is 35.1. The number of alkyl carbamates (subject to hydrolysis) is 1. The van der Waals surface area contributed by atoms with Crippen molar-refractivity contribution in [3.05, 3.63) is 84.7 Å². The first-order chi connectivity index (χ1) is 24.8. The Balaban J connectivity index is 0.00000187. The molecule has 0 radical (unpaired) electrons. The van der Waals surface area contributed by atoms with Gasteiger partial charge in [-0.3, -0.25) is 4.79 Å². The Morgan fingerprint density at radius 1 is 0.852 bits per heavy atom. The number of imidazole rings is 2. The van der Waals surface area contributed by atoms with Crippen LogP contribution in [-0.2, 0) is 19.0 Å². The number of halogens is 3. The molecule has 15 heteroatoms. The maximum Gasteiger partial charge on any atom is 0.407 e. The van der Waals surface area contributed by atoms with Crippen molar-refractivity contribution >= 4 is 60.0 Å². The summed E-state index contributed by atoms with van der Waals surface area (Å²) in [6.07, 6.45) is 5.79. The van der Waals surface area contributed by atoms with E-state index in [0.717, 1.165) is 52.4 Å². The molecular formula is C39H46Cl3N7O5. The summed E-state index contributed by atoms with van der Waals surface area (Å²) in [6.45, 7) is 5.97. The predicted octanol–water partition coefficient (Wildman–Crippen LogP) is 7.37. The Bertz CT molecular complexity index is 2060. The van der Waals surface area contributed by atoms with Crippen LogP contribution >= 0.6 is 37.2 Å². The van der Waals surface area contributed by atoms with Gasteiger partial charge in [0.2, 0.25) is 5.91 Å². The van der Waals surface area contributed by atoms with Crippen molar-refractivity contribution in [2.45, 2.75) is 57.0 Å². The van der Waals surface area contributed by atoms with Gasteiger partial charge in [0.1, 0.15) is 17.7 Å². The summed E-state index contributed by atoms with van der Waals surface area (Å²) in [5.41, 5.74) is 6.20. The molecule has 0 aliphatic carbocycles. The third kappa shape index (κ3) is 8.10. The molecule has 2 amide bonds.